The standard InChI is InChI=1S/C11H13N3O/c1-2-15-11-6-9(12)5-10(7-11)14-4-3-13-8-14/h3-8H,2,12H2,1H3. The Morgan fingerprint density at radius 1 is 1.40 bits per heavy atom. The molecule has 0 aliphatic rings. The number of ether oxygens (including phenoxy) is 1. The van der Waals surface area contributed by atoms with Crippen molar-refractivity contribution < 1.29 is 4.74 Å². The van der Waals surface area contributed by atoms with Gasteiger partial charge >= 0.3 is 0 Å². The van der Waals surface area contributed by atoms with Crippen LogP contribution in [-0.2, 0) is 0 Å². The lowest BCUT2D eigenvalue weighted by Gasteiger charge is -2.08. The molecule has 15 heavy (non-hydrogen) atoms. The van der Waals surface area contributed by atoms with E-state index in [1.165, 1.54) is 0 Å². The molecule has 0 aliphatic heterocycles. The minimum atomic E-state index is 0.632. The van der Waals surface area contributed by atoms with E-state index in [1.54, 1.807) is 12.5 Å². The topological polar surface area (TPSA) is 53.1 Å². The van der Waals surface area contributed by atoms with Gasteiger partial charge in [0.2, 0.25) is 0 Å². The second kappa shape index (κ2) is 4.04. The molecule has 2 N–H and O–H groups in total. The molecule has 1 aromatic carbocycles. The van der Waals surface area contributed by atoms with Gasteiger partial charge in [0.15, 0.2) is 0 Å². The van der Waals surface area contributed by atoms with Gasteiger partial charge in [-0.05, 0) is 13.0 Å². The van der Waals surface area contributed by atoms with Gasteiger partial charge in [-0.1, -0.05) is 0 Å². The summed E-state index contributed by atoms with van der Waals surface area (Å²) in [6.07, 6.45) is 5.32. The quantitative estimate of drug-likeness (QED) is 0.774. The fraction of sp³-hybridized carbons (Fsp3) is 0.182. The number of hydrogen-bond donors (Lipinski definition) is 1. The van der Waals surface area contributed by atoms with Gasteiger partial charge in [-0.25, -0.2) is 4.98 Å². The normalized spacial score (nSPS) is 10.2. The molecular weight excluding hydrogens is 190 g/mol. The van der Waals surface area contributed by atoms with Crippen LogP contribution >= 0.6 is 0 Å². The maximum Gasteiger partial charge on any atom is 0.123 e. The molecule has 78 valence electrons. The van der Waals surface area contributed by atoms with Crippen molar-refractivity contribution in [2.45, 2.75) is 6.92 Å². The molecule has 0 spiro atoms. The molecule has 4 heteroatoms. The third-order valence-corrected chi connectivity index (χ3v) is 2.03. The summed E-state index contributed by atoms with van der Waals surface area (Å²) in [6.45, 7) is 2.58. The Bertz CT molecular complexity index is 437. The smallest absolute Gasteiger partial charge is 0.123 e. The highest BCUT2D eigenvalue weighted by atomic mass is 16.5. The molecule has 0 saturated heterocycles. The number of nitrogens with two attached hydrogens (primary N) is 1. The van der Waals surface area contributed by atoms with Gasteiger partial charge < -0.3 is 15.0 Å². The van der Waals surface area contributed by atoms with Crippen molar-refractivity contribution >= 4 is 5.69 Å². The largest absolute Gasteiger partial charge is 0.494 e. The van der Waals surface area contributed by atoms with Crippen molar-refractivity contribution in [2.24, 2.45) is 0 Å². The maximum atomic E-state index is 5.78. The monoisotopic (exact) mass is 203 g/mol. The highest BCUT2D eigenvalue weighted by molar-refractivity contribution is 5.53. The molecule has 2 rings (SSSR count). The number of nitrogen functional groups attached to an aromatic ring is 1. The summed E-state index contributed by atoms with van der Waals surface area (Å²) in [5, 5.41) is 0. The zero-order valence-corrected chi connectivity index (χ0v) is 8.55. The lowest BCUT2D eigenvalue weighted by Crippen LogP contribution is -1.97. The van der Waals surface area contributed by atoms with E-state index >= 15 is 0 Å². The molecule has 0 amide bonds. The molecule has 1 heterocycles. The number of rotatable bonds is 3. The number of nitrogens with zero attached hydrogens (tertiary/aromatic N) is 2. The summed E-state index contributed by atoms with van der Waals surface area (Å²) in [5.41, 5.74) is 7.42. The zero-order valence-electron chi connectivity index (χ0n) is 8.55. The predicted octanol–water partition coefficient (Wildman–Crippen LogP) is 1.85. The molecule has 4 nitrogen and oxygen atoms in total. The van der Waals surface area contributed by atoms with Gasteiger partial charge in [0, 0.05) is 30.2 Å². The summed E-state index contributed by atoms with van der Waals surface area (Å²) < 4.78 is 7.30. The van der Waals surface area contributed by atoms with E-state index in [-0.39, 0.29) is 0 Å². The van der Waals surface area contributed by atoms with Crippen molar-refractivity contribution in [1.29, 1.82) is 0 Å². The van der Waals surface area contributed by atoms with E-state index in [2.05, 4.69) is 4.98 Å². The van der Waals surface area contributed by atoms with Crippen LogP contribution in [0.1, 0.15) is 6.92 Å². The first-order valence-electron chi connectivity index (χ1n) is 4.81. The molecule has 2 aromatic rings. The summed E-state index contributed by atoms with van der Waals surface area (Å²) in [4.78, 5) is 3.99. The number of anilines is 1. The summed E-state index contributed by atoms with van der Waals surface area (Å²) in [5.74, 6) is 0.779. The van der Waals surface area contributed by atoms with Gasteiger partial charge in [-0.15, -0.1) is 0 Å². The lowest BCUT2D eigenvalue weighted by atomic mass is 10.2. The number of benzene rings is 1. The third-order valence-electron chi connectivity index (χ3n) is 2.03. The van der Waals surface area contributed by atoms with E-state index in [0.29, 0.717) is 12.3 Å². The number of aromatic nitrogens is 2. The van der Waals surface area contributed by atoms with Gasteiger partial charge in [-0.3, -0.25) is 0 Å². The van der Waals surface area contributed by atoms with Crippen LogP contribution in [0.3, 0.4) is 0 Å². The second-order valence-corrected chi connectivity index (χ2v) is 3.16. The molecule has 0 fully saturated rings. The predicted molar refractivity (Wildman–Crippen MR) is 59.1 cm³/mol. The van der Waals surface area contributed by atoms with Gasteiger partial charge in [-0.2, -0.15) is 0 Å². The number of hydrogen-bond acceptors (Lipinski definition) is 3. The van der Waals surface area contributed by atoms with Crippen molar-refractivity contribution in [3.63, 3.8) is 0 Å². The van der Waals surface area contributed by atoms with E-state index < -0.39 is 0 Å². The van der Waals surface area contributed by atoms with E-state index in [4.69, 9.17) is 10.5 Å². The van der Waals surface area contributed by atoms with Crippen molar-refractivity contribution in [3.8, 4) is 11.4 Å². The van der Waals surface area contributed by atoms with E-state index in [0.717, 1.165) is 11.4 Å². The van der Waals surface area contributed by atoms with Crippen molar-refractivity contribution in [3.05, 3.63) is 36.9 Å². The molecule has 0 atom stereocenters. The Labute approximate surface area is 88.3 Å². The highest BCUT2D eigenvalue weighted by Gasteiger charge is 2.01. The molecule has 0 bridgehead atoms. The Morgan fingerprint density at radius 2 is 2.27 bits per heavy atom. The van der Waals surface area contributed by atoms with Crippen LogP contribution in [0.4, 0.5) is 5.69 Å². The van der Waals surface area contributed by atoms with Crippen LogP contribution in [-0.4, -0.2) is 16.2 Å². The summed E-state index contributed by atoms with van der Waals surface area (Å²) in [6, 6.07) is 5.62. The maximum absolute atomic E-state index is 5.78. The first-order valence-corrected chi connectivity index (χ1v) is 4.81. The lowest BCUT2D eigenvalue weighted by molar-refractivity contribution is 0.340. The fourth-order valence-corrected chi connectivity index (χ4v) is 1.42. The van der Waals surface area contributed by atoms with E-state index in [1.807, 2.05) is 35.9 Å². The fourth-order valence-electron chi connectivity index (χ4n) is 1.42. The molecule has 0 saturated carbocycles. The highest BCUT2D eigenvalue weighted by Crippen LogP contribution is 2.21. The van der Waals surface area contributed by atoms with Crippen molar-refractivity contribution in [2.75, 3.05) is 12.3 Å². The van der Waals surface area contributed by atoms with Gasteiger partial charge in [0.05, 0.1) is 18.6 Å². The van der Waals surface area contributed by atoms with Crippen LogP contribution in [0, 0.1) is 0 Å². The first-order chi connectivity index (χ1) is 7.29. The first kappa shape index (κ1) is 9.58. The van der Waals surface area contributed by atoms with Crippen LogP contribution in [0.25, 0.3) is 5.69 Å². The molecule has 1 aromatic heterocycles. The minimum absolute atomic E-state index is 0.632. The Balaban J connectivity index is 2.40. The molecular formula is C11H13N3O. The van der Waals surface area contributed by atoms with Crippen LogP contribution in [0.15, 0.2) is 36.9 Å². The van der Waals surface area contributed by atoms with Crippen molar-refractivity contribution in [1.82, 2.24) is 9.55 Å². The number of imidazole rings is 1. The Kier molecular flexibility index (Phi) is 2.58. The Morgan fingerprint density at radius 3 is 2.93 bits per heavy atom. The average Bonchev–Trinajstić information content (AvgIpc) is 2.70. The molecule has 0 aliphatic carbocycles. The average molecular weight is 203 g/mol. The van der Waals surface area contributed by atoms with Gasteiger partial charge in [0.25, 0.3) is 0 Å². The summed E-state index contributed by atoms with van der Waals surface area (Å²) >= 11 is 0. The van der Waals surface area contributed by atoms with Gasteiger partial charge in [0.1, 0.15) is 5.75 Å². The Hall–Kier alpha value is -1.97. The van der Waals surface area contributed by atoms with Crippen LogP contribution in [0.5, 0.6) is 5.75 Å². The summed E-state index contributed by atoms with van der Waals surface area (Å²) in [7, 11) is 0. The van der Waals surface area contributed by atoms with E-state index in [9.17, 15) is 0 Å². The zero-order chi connectivity index (χ0) is 10.7. The third kappa shape index (κ3) is 2.10. The SMILES string of the molecule is CCOc1cc(N)cc(-n2ccnc2)c1. The minimum Gasteiger partial charge on any atom is -0.494 e. The van der Waals surface area contributed by atoms with Crippen LogP contribution in [0.2, 0.25) is 0 Å². The second-order valence-electron chi connectivity index (χ2n) is 3.16. The van der Waals surface area contributed by atoms with Crippen LogP contribution < -0.4 is 10.5 Å². The molecule has 0 radical (unpaired) electrons. The molecule has 0 unspecified atom stereocenters.